The number of alkyl halides is 3. The minimum Gasteiger partial charge on any atom is -0.357 e. The van der Waals surface area contributed by atoms with Crippen LogP contribution < -0.4 is 26.7 Å². The molecular weight excluding hydrogens is 529 g/mol. The number of hydrogen-bond donors (Lipinski definition) is 5. The summed E-state index contributed by atoms with van der Waals surface area (Å²) < 4.78 is 43.4. The summed E-state index contributed by atoms with van der Waals surface area (Å²) in [6.45, 7) is -1.89. The van der Waals surface area contributed by atoms with E-state index in [4.69, 9.17) is 0 Å². The van der Waals surface area contributed by atoms with Crippen LogP contribution in [0, 0.1) is 0 Å². The lowest BCUT2D eigenvalue weighted by atomic mass is 10.0. The number of carbonyl (C=O) groups excluding carboxylic acids is 6. The van der Waals surface area contributed by atoms with E-state index in [9.17, 15) is 41.9 Å². The smallest absolute Gasteiger partial charge is 0.357 e. The summed E-state index contributed by atoms with van der Waals surface area (Å²) in [5.41, 5.74) is 3.06. The maximum Gasteiger partial charge on any atom is 0.423 e. The van der Waals surface area contributed by atoms with Crippen molar-refractivity contribution in [2.75, 3.05) is 26.9 Å². The topological polar surface area (TPSA) is 175 Å². The van der Waals surface area contributed by atoms with E-state index in [1.807, 2.05) is 5.32 Å². The lowest BCUT2D eigenvalue weighted by Gasteiger charge is -2.21. The van der Waals surface area contributed by atoms with E-state index in [0.29, 0.717) is 5.01 Å². The van der Waals surface area contributed by atoms with Gasteiger partial charge in [0, 0.05) is 31.7 Å². The summed E-state index contributed by atoms with van der Waals surface area (Å²) in [5, 5.41) is 9.42. The Labute approximate surface area is 220 Å². The number of nitrogens with one attached hydrogen (secondary N) is 5. The number of ether oxygens (including phenoxy) is 1. The molecule has 1 aliphatic heterocycles. The molecule has 6 amide bonds. The molecule has 1 aromatic carbocycles. The average molecular weight is 556 g/mol. The van der Waals surface area contributed by atoms with Crippen molar-refractivity contribution in [1.29, 1.82) is 0 Å². The van der Waals surface area contributed by atoms with E-state index in [1.165, 1.54) is 0 Å². The fourth-order valence-corrected chi connectivity index (χ4v) is 3.25. The summed E-state index contributed by atoms with van der Waals surface area (Å²) in [6, 6.07) is 7.88. The van der Waals surface area contributed by atoms with Gasteiger partial charge < -0.3 is 26.0 Å². The van der Waals surface area contributed by atoms with Crippen LogP contribution in [-0.4, -0.2) is 85.6 Å². The predicted octanol–water partition coefficient (Wildman–Crippen LogP) is -1.58. The largest absolute Gasteiger partial charge is 0.423 e. The lowest BCUT2D eigenvalue weighted by molar-refractivity contribution is -0.220. The van der Waals surface area contributed by atoms with Crippen LogP contribution in [0.15, 0.2) is 42.5 Å². The van der Waals surface area contributed by atoms with Gasteiger partial charge >= 0.3 is 6.18 Å². The summed E-state index contributed by atoms with van der Waals surface area (Å²) in [5.74, 6) is -4.89. The Morgan fingerprint density at radius 1 is 0.923 bits per heavy atom. The molecule has 1 aromatic rings. The number of amides is 6. The van der Waals surface area contributed by atoms with Crippen molar-refractivity contribution in [2.24, 2.45) is 0 Å². The number of benzene rings is 1. The predicted molar refractivity (Wildman–Crippen MR) is 127 cm³/mol. The van der Waals surface area contributed by atoms with Crippen LogP contribution in [-0.2, 0) is 39.9 Å². The number of hydrazine groups is 1. The van der Waals surface area contributed by atoms with Crippen LogP contribution in [0.3, 0.4) is 0 Å². The number of hydrogen-bond acceptors (Lipinski definition) is 8. The maximum atomic E-state index is 13.0. The van der Waals surface area contributed by atoms with Crippen molar-refractivity contribution in [3.63, 3.8) is 0 Å². The first-order chi connectivity index (χ1) is 18.4. The SMILES string of the molecule is CNC(=O)C(OCNC(=O)CC(Cc1ccccc1)NC(=O)CNC(=O)CNN1C(=O)C=CC1=O)C(F)(F)F. The molecule has 2 atom stereocenters. The fourth-order valence-electron chi connectivity index (χ4n) is 3.25. The Morgan fingerprint density at radius 2 is 1.56 bits per heavy atom. The van der Waals surface area contributed by atoms with Gasteiger partial charge in [-0.3, -0.25) is 28.8 Å². The summed E-state index contributed by atoms with van der Waals surface area (Å²) in [6.07, 6.45) is -5.92. The summed E-state index contributed by atoms with van der Waals surface area (Å²) in [7, 11) is 1.01. The highest BCUT2D eigenvalue weighted by Crippen LogP contribution is 2.22. The molecule has 0 aromatic heterocycles. The Hall–Kier alpha value is -4.31. The average Bonchev–Trinajstić information content (AvgIpc) is 3.20. The van der Waals surface area contributed by atoms with Gasteiger partial charge in [-0.1, -0.05) is 30.3 Å². The number of carbonyl (C=O) groups is 6. The molecule has 5 N–H and O–H groups in total. The van der Waals surface area contributed by atoms with Crippen LogP contribution in [0.25, 0.3) is 0 Å². The van der Waals surface area contributed by atoms with Crippen molar-refractivity contribution < 1.29 is 46.7 Å². The van der Waals surface area contributed by atoms with Crippen molar-refractivity contribution >= 4 is 35.4 Å². The fraction of sp³-hybridized carbons (Fsp3) is 0.391. The zero-order valence-electron chi connectivity index (χ0n) is 20.7. The zero-order valence-corrected chi connectivity index (χ0v) is 20.7. The second-order valence-corrected chi connectivity index (χ2v) is 8.06. The Balaban J connectivity index is 1.87. The minimum absolute atomic E-state index is 0.173. The molecule has 16 heteroatoms. The third-order valence-electron chi connectivity index (χ3n) is 5.08. The van der Waals surface area contributed by atoms with Crippen molar-refractivity contribution in [1.82, 2.24) is 31.7 Å². The van der Waals surface area contributed by atoms with Gasteiger partial charge in [-0.05, 0) is 12.0 Å². The molecule has 0 bridgehead atoms. The zero-order chi connectivity index (χ0) is 29.0. The monoisotopic (exact) mass is 556 g/mol. The van der Waals surface area contributed by atoms with Crippen LogP contribution in [0.1, 0.15) is 12.0 Å². The molecule has 2 rings (SSSR count). The van der Waals surface area contributed by atoms with E-state index >= 15 is 0 Å². The first-order valence-corrected chi connectivity index (χ1v) is 11.5. The summed E-state index contributed by atoms with van der Waals surface area (Å²) >= 11 is 0. The molecule has 212 valence electrons. The van der Waals surface area contributed by atoms with Crippen molar-refractivity contribution in [3.8, 4) is 0 Å². The van der Waals surface area contributed by atoms with Crippen LogP contribution in [0.4, 0.5) is 13.2 Å². The highest BCUT2D eigenvalue weighted by atomic mass is 19.4. The van der Waals surface area contributed by atoms with Crippen LogP contribution in [0.5, 0.6) is 0 Å². The second kappa shape index (κ2) is 14.6. The minimum atomic E-state index is -5.00. The van der Waals surface area contributed by atoms with Crippen molar-refractivity contribution in [2.45, 2.75) is 31.2 Å². The number of nitrogens with zero attached hydrogens (tertiary/aromatic N) is 1. The molecule has 1 aliphatic rings. The second-order valence-electron chi connectivity index (χ2n) is 8.06. The van der Waals surface area contributed by atoms with E-state index in [0.717, 1.165) is 24.8 Å². The van der Waals surface area contributed by atoms with Gasteiger partial charge in [-0.25, -0.2) is 10.4 Å². The number of halogens is 3. The Bertz CT molecular complexity index is 1080. The highest BCUT2D eigenvalue weighted by molar-refractivity contribution is 6.12. The molecule has 0 saturated carbocycles. The first kappa shape index (κ1) is 30.9. The Kier molecular flexibility index (Phi) is 11.6. The quantitative estimate of drug-likeness (QED) is 0.135. The van der Waals surface area contributed by atoms with Gasteiger partial charge in [-0.15, -0.1) is 0 Å². The molecule has 13 nitrogen and oxygen atoms in total. The van der Waals surface area contributed by atoms with E-state index < -0.39 is 73.6 Å². The van der Waals surface area contributed by atoms with Gasteiger partial charge in [0.2, 0.25) is 23.8 Å². The third-order valence-corrected chi connectivity index (χ3v) is 5.08. The van der Waals surface area contributed by atoms with E-state index in [2.05, 4.69) is 26.1 Å². The van der Waals surface area contributed by atoms with Gasteiger partial charge in [0.1, 0.15) is 6.73 Å². The van der Waals surface area contributed by atoms with E-state index in [1.54, 1.807) is 30.3 Å². The summed E-state index contributed by atoms with van der Waals surface area (Å²) in [4.78, 5) is 71.1. The molecular formula is C23H27F3N6O7. The number of rotatable bonds is 14. The van der Waals surface area contributed by atoms with Gasteiger partial charge in [0.25, 0.3) is 17.7 Å². The molecule has 0 saturated heterocycles. The molecule has 0 aliphatic carbocycles. The normalized spacial score (nSPS) is 14.5. The van der Waals surface area contributed by atoms with Gasteiger partial charge in [0.15, 0.2) is 0 Å². The van der Waals surface area contributed by atoms with Crippen LogP contribution in [0.2, 0.25) is 0 Å². The Morgan fingerprint density at radius 3 is 2.15 bits per heavy atom. The lowest BCUT2D eigenvalue weighted by Crippen LogP contribution is -2.49. The van der Waals surface area contributed by atoms with Gasteiger partial charge in [-0.2, -0.15) is 13.2 Å². The first-order valence-electron chi connectivity index (χ1n) is 11.5. The standard InChI is InChI=1S/C23H27F3N6O7/c1-27-22(38)21(23(24,25)26)39-13-29-16(33)10-15(9-14-5-3-2-4-6-14)31-18(35)11-28-17(34)12-30-32-19(36)7-8-20(32)37/h2-8,15,21,30H,9-13H2,1H3,(H,27,38)(H,28,34)(H,29,33)(H,31,35). The molecule has 0 fully saturated rings. The molecule has 0 radical (unpaired) electrons. The van der Waals surface area contributed by atoms with Crippen molar-refractivity contribution in [3.05, 3.63) is 48.0 Å². The molecule has 39 heavy (non-hydrogen) atoms. The molecule has 0 spiro atoms. The number of imide groups is 1. The maximum absolute atomic E-state index is 13.0. The van der Waals surface area contributed by atoms with Gasteiger partial charge in [0.05, 0.1) is 13.1 Å². The molecule has 2 unspecified atom stereocenters. The number of likely N-dealkylation sites (N-methyl/N-ethyl adjacent to an activating group) is 1. The molecule has 1 heterocycles. The van der Waals surface area contributed by atoms with E-state index in [-0.39, 0.29) is 12.8 Å². The van der Waals surface area contributed by atoms with Crippen LogP contribution >= 0.6 is 0 Å². The third kappa shape index (κ3) is 10.5. The highest BCUT2D eigenvalue weighted by Gasteiger charge is 2.45.